The second-order valence-corrected chi connectivity index (χ2v) is 7.82. The molecule has 0 aliphatic heterocycles. The zero-order valence-electron chi connectivity index (χ0n) is 11.8. The van der Waals surface area contributed by atoms with E-state index in [-0.39, 0.29) is 0 Å². The molecule has 1 fully saturated rings. The highest BCUT2D eigenvalue weighted by molar-refractivity contribution is 14.1. The van der Waals surface area contributed by atoms with Gasteiger partial charge in [0.1, 0.15) is 0 Å². The Hall–Kier alpha value is 0.390. The summed E-state index contributed by atoms with van der Waals surface area (Å²) in [6, 6.07) is 7.19. The fourth-order valence-corrected chi connectivity index (χ4v) is 4.13. The molecule has 2 rings (SSSR count). The number of halogens is 2. The van der Waals surface area contributed by atoms with Gasteiger partial charge in [0.2, 0.25) is 0 Å². The summed E-state index contributed by atoms with van der Waals surface area (Å²) in [5.41, 5.74) is 1.44. The van der Waals surface area contributed by atoms with E-state index >= 15 is 0 Å². The van der Waals surface area contributed by atoms with Crippen molar-refractivity contribution in [1.29, 1.82) is 0 Å². The molecular formula is C16H23BrIN. The molecule has 1 N–H and O–H groups in total. The number of benzene rings is 1. The van der Waals surface area contributed by atoms with Crippen LogP contribution < -0.4 is 5.32 Å². The zero-order valence-corrected chi connectivity index (χ0v) is 15.5. The molecule has 106 valence electrons. The van der Waals surface area contributed by atoms with Crippen LogP contribution in [0.15, 0.2) is 22.7 Å². The van der Waals surface area contributed by atoms with Gasteiger partial charge < -0.3 is 5.32 Å². The van der Waals surface area contributed by atoms with Crippen LogP contribution >= 0.6 is 38.5 Å². The lowest BCUT2D eigenvalue weighted by Gasteiger charge is -2.34. The van der Waals surface area contributed by atoms with Crippen molar-refractivity contribution in [1.82, 2.24) is 5.32 Å². The average molecular weight is 436 g/mol. The lowest BCUT2D eigenvalue weighted by Crippen LogP contribution is -2.31. The Morgan fingerprint density at radius 1 is 1.32 bits per heavy atom. The first-order valence-electron chi connectivity index (χ1n) is 7.30. The van der Waals surface area contributed by atoms with Crippen LogP contribution in [0, 0.1) is 15.4 Å². The van der Waals surface area contributed by atoms with E-state index in [1.165, 1.54) is 39.3 Å². The van der Waals surface area contributed by atoms with Crippen molar-refractivity contribution in [3.8, 4) is 0 Å². The molecule has 1 saturated carbocycles. The largest absolute Gasteiger partial charge is 0.310 e. The molecule has 3 heteroatoms. The summed E-state index contributed by atoms with van der Waals surface area (Å²) in [6.07, 6.45) is 5.48. The highest BCUT2D eigenvalue weighted by Crippen LogP contribution is 2.39. The fourth-order valence-electron chi connectivity index (χ4n) is 3.12. The highest BCUT2D eigenvalue weighted by Gasteiger charge is 2.27. The van der Waals surface area contributed by atoms with Crippen molar-refractivity contribution in [2.45, 2.75) is 45.6 Å². The molecule has 19 heavy (non-hydrogen) atoms. The third-order valence-corrected chi connectivity index (χ3v) is 5.64. The van der Waals surface area contributed by atoms with Gasteiger partial charge in [-0.3, -0.25) is 0 Å². The number of hydrogen-bond donors (Lipinski definition) is 1. The van der Waals surface area contributed by atoms with Gasteiger partial charge in [0.05, 0.1) is 0 Å². The van der Waals surface area contributed by atoms with Gasteiger partial charge in [-0.25, -0.2) is 0 Å². The Bertz CT molecular complexity index is 413. The second kappa shape index (κ2) is 7.41. The van der Waals surface area contributed by atoms with E-state index in [4.69, 9.17) is 0 Å². The first-order valence-corrected chi connectivity index (χ1v) is 9.17. The molecule has 0 aromatic heterocycles. The maximum absolute atomic E-state index is 3.74. The molecule has 0 radical (unpaired) electrons. The highest BCUT2D eigenvalue weighted by atomic mass is 127. The summed E-state index contributed by atoms with van der Waals surface area (Å²) in [5.74, 6) is 1.70. The van der Waals surface area contributed by atoms with Crippen molar-refractivity contribution in [2.75, 3.05) is 6.54 Å². The van der Waals surface area contributed by atoms with E-state index in [1.54, 1.807) is 0 Å². The van der Waals surface area contributed by atoms with Gasteiger partial charge in [-0.05, 0) is 77.6 Å². The first kappa shape index (κ1) is 15.8. The molecule has 0 spiro atoms. The molecule has 1 aromatic rings. The van der Waals surface area contributed by atoms with Crippen molar-refractivity contribution in [3.05, 3.63) is 31.8 Å². The van der Waals surface area contributed by atoms with Crippen molar-refractivity contribution in [2.24, 2.45) is 11.8 Å². The Morgan fingerprint density at radius 2 is 2.00 bits per heavy atom. The molecule has 1 aliphatic rings. The fraction of sp³-hybridized carbons (Fsp3) is 0.625. The summed E-state index contributed by atoms with van der Waals surface area (Å²) in [7, 11) is 0. The van der Waals surface area contributed by atoms with Gasteiger partial charge >= 0.3 is 0 Å². The lowest BCUT2D eigenvalue weighted by molar-refractivity contribution is 0.232. The smallest absolute Gasteiger partial charge is 0.0360 e. The third-order valence-electron chi connectivity index (χ3n) is 4.25. The van der Waals surface area contributed by atoms with Crippen LogP contribution in [0.1, 0.15) is 51.1 Å². The number of hydrogen-bond acceptors (Lipinski definition) is 1. The van der Waals surface area contributed by atoms with Crippen LogP contribution in [0.3, 0.4) is 0 Å². The van der Waals surface area contributed by atoms with E-state index in [0.29, 0.717) is 6.04 Å². The first-order chi connectivity index (χ1) is 9.11. The van der Waals surface area contributed by atoms with E-state index in [9.17, 15) is 0 Å². The Morgan fingerprint density at radius 3 is 2.63 bits per heavy atom. The minimum Gasteiger partial charge on any atom is -0.310 e. The average Bonchev–Trinajstić information content (AvgIpc) is 2.40. The maximum atomic E-state index is 3.74. The Kier molecular flexibility index (Phi) is 6.15. The summed E-state index contributed by atoms with van der Waals surface area (Å²) in [5, 5.41) is 3.72. The van der Waals surface area contributed by atoms with Crippen LogP contribution in [0.5, 0.6) is 0 Å². The Balaban J connectivity index is 2.21. The summed E-state index contributed by atoms with van der Waals surface area (Å²) in [6.45, 7) is 5.63. The number of rotatable bonds is 4. The minimum atomic E-state index is 0.501. The van der Waals surface area contributed by atoms with Crippen molar-refractivity contribution >= 4 is 38.5 Å². The molecule has 0 bridgehead atoms. The summed E-state index contributed by atoms with van der Waals surface area (Å²) in [4.78, 5) is 0. The molecule has 0 amide bonds. The topological polar surface area (TPSA) is 12.0 Å². The van der Waals surface area contributed by atoms with E-state index < -0.39 is 0 Å². The predicted molar refractivity (Wildman–Crippen MR) is 94.4 cm³/mol. The zero-order chi connectivity index (χ0) is 13.8. The van der Waals surface area contributed by atoms with Gasteiger partial charge in [-0.2, -0.15) is 0 Å². The van der Waals surface area contributed by atoms with Crippen LogP contribution in [-0.4, -0.2) is 6.54 Å². The molecular weight excluding hydrogens is 413 g/mol. The normalized spacial score (nSPS) is 25.3. The standard InChI is InChI=1S/C16H23BrIN/c1-3-19-16(12-6-4-11(2)5-7-12)14-10-13(18)8-9-15(14)17/h8-12,16,19H,3-7H2,1-2H3. The van der Waals surface area contributed by atoms with Crippen LogP contribution in [0.2, 0.25) is 0 Å². The molecule has 1 nitrogen and oxygen atoms in total. The maximum Gasteiger partial charge on any atom is 0.0360 e. The molecule has 1 aromatic carbocycles. The quantitative estimate of drug-likeness (QED) is 0.613. The third kappa shape index (κ3) is 4.18. The van der Waals surface area contributed by atoms with Crippen molar-refractivity contribution in [3.63, 3.8) is 0 Å². The molecule has 1 unspecified atom stereocenters. The van der Waals surface area contributed by atoms with Gasteiger partial charge in [0, 0.05) is 14.1 Å². The van der Waals surface area contributed by atoms with Crippen LogP contribution in [-0.2, 0) is 0 Å². The lowest BCUT2D eigenvalue weighted by atomic mass is 9.77. The molecule has 0 saturated heterocycles. The molecule has 1 aliphatic carbocycles. The predicted octanol–water partition coefficient (Wildman–Crippen LogP) is 5.53. The van der Waals surface area contributed by atoms with Crippen LogP contribution in [0.4, 0.5) is 0 Å². The van der Waals surface area contributed by atoms with E-state index in [1.807, 2.05) is 0 Å². The minimum absolute atomic E-state index is 0.501. The monoisotopic (exact) mass is 435 g/mol. The molecule has 0 heterocycles. The molecule has 1 atom stereocenters. The summed E-state index contributed by atoms with van der Waals surface area (Å²) >= 11 is 6.15. The van der Waals surface area contributed by atoms with Gasteiger partial charge in [-0.15, -0.1) is 0 Å². The van der Waals surface area contributed by atoms with Crippen molar-refractivity contribution < 1.29 is 0 Å². The SMILES string of the molecule is CCNC(c1cc(I)ccc1Br)C1CCC(C)CC1. The van der Waals surface area contributed by atoms with E-state index in [2.05, 4.69) is 75.9 Å². The van der Waals surface area contributed by atoms with Gasteiger partial charge in [0.25, 0.3) is 0 Å². The van der Waals surface area contributed by atoms with Crippen LogP contribution in [0.25, 0.3) is 0 Å². The van der Waals surface area contributed by atoms with Gasteiger partial charge in [-0.1, -0.05) is 42.6 Å². The second-order valence-electron chi connectivity index (χ2n) is 5.72. The van der Waals surface area contributed by atoms with E-state index in [0.717, 1.165) is 18.4 Å². The van der Waals surface area contributed by atoms with Gasteiger partial charge in [0.15, 0.2) is 0 Å². The number of nitrogens with one attached hydrogen (secondary N) is 1. The Labute approximate surface area is 139 Å². The summed E-state index contributed by atoms with van der Waals surface area (Å²) < 4.78 is 2.57.